The monoisotopic (exact) mass is 286 g/mol. The Morgan fingerprint density at radius 1 is 0.909 bits per heavy atom. The van der Waals surface area contributed by atoms with Crippen LogP contribution >= 0.6 is 0 Å². The van der Waals surface area contributed by atoms with Crippen molar-refractivity contribution in [3.05, 3.63) is 59.4 Å². The number of aromatic amines is 2. The van der Waals surface area contributed by atoms with Gasteiger partial charge in [0.05, 0.1) is 17.2 Å². The summed E-state index contributed by atoms with van der Waals surface area (Å²) in [6.07, 6.45) is 1.75. The highest BCUT2D eigenvalue weighted by Gasteiger charge is 2.02. The fraction of sp³-hybridized carbons (Fsp3) is 0.111. The highest BCUT2D eigenvalue weighted by atomic mass is 14.9. The van der Waals surface area contributed by atoms with Crippen LogP contribution in [0.2, 0.25) is 0 Å². The number of nitrogens with zero attached hydrogens (tertiary/aromatic N) is 2. The second kappa shape index (κ2) is 4.74. The van der Waals surface area contributed by atoms with Gasteiger partial charge in [-0.2, -0.15) is 0 Å². The van der Waals surface area contributed by atoms with Gasteiger partial charge < -0.3 is 9.97 Å². The molecule has 106 valence electrons. The average Bonchev–Trinajstić information content (AvgIpc) is 3.06. The van der Waals surface area contributed by atoms with Crippen LogP contribution < -0.4 is 0 Å². The van der Waals surface area contributed by atoms with E-state index in [1.54, 1.807) is 6.20 Å². The Kier molecular flexibility index (Phi) is 2.73. The molecule has 4 heteroatoms. The Labute approximate surface area is 127 Å². The second-order valence-corrected chi connectivity index (χ2v) is 5.39. The Hall–Kier alpha value is -3.06. The Morgan fingerprint density at radius 3 is 2.64 bits per heavy atom. The lowest BCUT2D eigenvalue weighted by molar-refractivity contribution is 1.14. The SMILES string of the molecule is Cc1ncc(C#Cc2ccc3cc4nc(C)[nH]c4cc3c2)[nH]1. The normalized spacial score (nSPS) is 10.8. The molecule has 0 aliphatic carbocycles. The van der Waals surface area contributed by atoms with Gasteiger partial charge in [0, 0.05) is 5.56 Å². The topological polar surface area (TPSA) is 57.4 Å². The minimum absolute atomic E-state index is 0.831. The Balaban J connectivity index is 1.79. The van der Waals surface area contributed by atoms with E-state index in [0.717, 1.165) is 39.3 Å². The summed E-state index contributed by atoms with van der Waals surface area (Å²) >= 11 is 0. The molecule has 2 heterocycles. The van der Waals surface area contributed by atoms with E-state index in [2.05, 4.69) is 56.0 Å². The zero-order valence-electron chi connectivity index (χ0n) is 12.4. The van der Waals surface area contributed by atoms with Gasteiger partial charge in [0.2, 0.25) is 0 Å². The maximum absolute atomic E-state index is 4.47. The molecular formula is C18H14N4. The van der Waals surface area contributed by atoms with Crippen LogP contribution in [0.1, 0.15) is 22.9 Å². The highest BCUT2D eigenvalue weighted by molar-refractivity contribution is 5.95. The minimum atomic E-state index is 0.831. The summed E-state index contributed by atoms with van der Waals surface area (Å²) in [6, 6.07) is 10.4. The standard InChI is InChI=1S/C18H14N4/c1-11-19-10-16(20-11)6-4-13-3-5-14-8-17-18(9-15(14)7-13)22-12(2)21-17/h3,5,7-10H,1-2H3,(H,19,20)(H,21,22). The first-order valence-electron chi connectivity index (χ1n) is 7.11. The van der Waals surface area contributed by atoms with Crippen molar-refractivity contribution in [1.82, 2.24) is 19.9 Å². The van der Waals surface area contributed by atoms with E-state index in [1.165, 1.54) is 5.39 Å². The van der Waals surface area contributed by atoms with Crippen molar-refractivity contribution in [3.63, 3.8) is 0 Å². The van der Waals surface area contributed by atoms with E-state index in [0.29, 0.717) is 0 Å². The van der Waals surface area contributed by atoms with Gasteiger partial charge in [0.25, 0.3) is 0 Å². The lowest BCUT2D eigenvalue weighted by Gasteiger charge is -1.99. The number of H-pyrrole nitrogens is 2. The van der Waals surface area contributed by atoms with Crippen LogP contribution in [-0.4, -0.2) is 19.9 Å². The van der Waals surface area contributed by atoms with Crippen LogP contribution in [0.15, 0.2) is 36.5 Å². The molecule has 0 radical (unpaired) electrons. The molecule has 2 aromatic heterocycles. The van der Waals surface area contributed by atoms with Crippen molar-refractivity contribution in [1.29, 1.82) is 0 Å². The van der Waals surface area contributed by atoms with Gasteiger partial charge in [-0.1, -0.05) is 12.0 Å². The summed E-state index contributed by atoms with van der Waals surface area (Å²) in [6.45, 7) is 3.88. The quantitative estimate of drug-likeness (QED) is 0.486. The van der Waals surface area contributed by atoms with E-state index in [1.807, 2.05) is 19.9 Å². The minimum Gasteiger partial charge on any atom is -0.342 e. The summed E-state index contributed by atoms with van der Waals surface area (Å²) in [5, 5.41) is 2.32. The molecule has 0 bridgehead atoms. The molecule has 22 heavy (non-hydrogen) atoms. The molecule has 4 rings (SSSR count). The molecule has 0 amide bonds. The fourth-order valence-corrected chi connectivity index (χ4v) is 2.58. The number of imidazole rings is 2. The van der Waals surface area contributed by atoms with E-state index in [-0.39, 0.29) is 0 Å². The van der Waals surface area contributed by atoms with Crippen molar-refractivity contribution >= 4 is 21.8 Å². The molecule has 2 aromatic carbocycles. The molecule has 0 saturated heterocycles. The third kappa shape index (κ3) is 2.23. The second-order valence-electron chi connectivity index (χ2n) is 5.39. The smallest absolute Gasteiger partial charge is 0.110 e. The van der Waals surface area contributed by atoms with Crippen molar-refractivity contribution < 1.29 is 0 Å². The fourth-order valence-electron chi connectivity index (χ4n) is 2.58. The van der Waals surface area contributed by atoms with Crippen LogP contribution in [0.25, 0.3) is 21.8 Å². The van der Waals surface area contributed by atoms with Gasteiger partial charge in [-0.05, 0) is 54.8 Å². The molecular weight excluding hydrogens is 272 g/mol. The number of aryl methyl sites for hydroxylation is 2. The van der Waals surface area contributed by atoms with Crippen molar-refractivity contribution in [2.45, 2.75) is 13.8 Å². The van der Waals surface area contributed by atoms with Crippen molar-refractivity contribution in [3.8, 4) is 11.8 Å². The van der Waals surface area contributed by atoms with Crippen LogP contribution in [0, 0.1) is 25.7 Å². The zero-order chi connectivity index (χ0) is 15.1. The molecule has 0 aliphatic heterocycles. The summed E-state index contributed by atoms with van der Waals surface area (Å²) < 4.78 is 0. The van der Waals surface area contributed by atoms with Gasteiger partial charge >= 0.3 is 0 Å². The predicted molar refractivity (Wildman–Crippen MR) is 87.6 cm³/mol. The number of hydrogen-bond acceptors (Lipinski definition) is 2. The third-order valence-electron chi connectivity index (χ3n) is 3.60. The molecule has 0 aliphatic rings. The first-order chi connectivity index (χ1) is 10.7. The molecule has 2 N–H and O–H groups in total. The molecule has 0 spiro atoms. The number of nitrogens with one attached hydrogen (secondary N) is 2. The van der Waals surface area contributed by atoms with Crippen LogP contribution in [0.4, 0.5) is 0 Å². The first kappa shape index (κ1) is 12.7. The maximum Gasteiger partial charge on any atom is 0.110 e. The van der Waals surface area contributed by atoms with E-state index < -0.39 is 0 Å². The predicted octanol–water partition coefficient (Wildman–Crippen LogP) is 3.46. The van der Waals surface area contributed by atoms with Gasteiger partial charge in [0.1, 0.15) is 17.3 Å². The largest absolute Gasteiger partial charge is 0.342 e. The molecule has 0 saturated carbocycles. The van der Waals surface area contributed by atoms with Gasteiger partial charge in [-0.3, -0.25) is 0 Å². The van der Waals surface area contributed by atoms with Gasteiger partial charge in [0.15, 0.2) is 0 Å². The third-order valence-corrected chi connectivity index (χ3v) is 3.60. The average molecular weight is 286 g/mol. The molecule has 4 nitrogen and oxygen atoms in total. The summed E-state index contributed by atoms with van der Waals surface area (Å²) in [5.41, 5.74) is 3.86. The molecule has 4 aromatic rings. The van der Waals surface area contributed by atoms with E-state index in [4.69, 9.17) is 0 Å². The molecule has 0 unspecified atom stereocenters. The molecule has 0 fully saturated rings. The van der Waals surface area contributed by atoms with Crippen LogP contribution in [0.3, 0.4) is 0 Å². The Bertz CT molecular complexity index is 1060. The first-order valence-corrected chi connectivity index (χ1v) is 7.11. The van der Waals surface area contributed by atoms with Gasteiger partial charge in [-0.15, -0.1) is 0 Å². The van der Waals surface area contributed by atoms with Crippen LogP contribution in [0.5, 0.6) is 0 Å². The lowest BCUT2D eigenvalue weighted by atomic mass is 10.1. The van der Waals surface area contributed by atoms with Crippen LogP contribution in [-0.2, 0) is 0 Å². The van der Waals surface area contributed by atoms with Crippen molar-refractivity contribution in [2.24, 2.45) is 0 Å². The number of fused-ring (bicyclic) bond motifs is 2. The summed E-state index contributed by atoms with van der Waals surface area (Å²) in [7, 11) is 0. The van der Waals surface area contributed by atoms with Gasteiger partial charge in [-0.25, -0.2) is 9.97 Å². The number of hydrogen-bond donors (Lipinski definition) is 2. The number of benzene rings is 2. The van der Waals surface area contributed by atoms with E-state index in [9.17, 15) is 0 Å². The molecule has 0 atom stereocenters. The number of rotatable bonds is 0. The van der Waals surface area contributed by atoms with Crippen molar-refractivity contribution in [2.75, 3.05) is 0 Å². The number of aromatic nitrogens is 4. The summed E-state index contributed by atoms with van der Waals surface area (Å²) in [4.78, 5) is 15.0. The van der Waals surface area contributed by atoms with E-state index >= 15 is 0 Å². The summed E-state index contributed by atoms with van der Waals surface area (Å²) in [5.74, 6) is 8.08. The highest BCUT2D eigenvalue weighted by Crippen LogP contribution is 2.22. The Morgan fingerprint density at radius 2 is 1.82 bits per heavy atom. The zero-order valence-corrected chi connectivity index (χ0v) is 12.4. The maximum atomic E-state index is 4.47. The lowest BCUT2D eigenvalue weighted by Crippen LogP contribution is -1.79.